The predicted octanol–water partition coefficient (Wildman–Crippen LogP) is 6.28. The third-order valence-electron chi connectivity index (χ3n) is 4.72. The van der Waals surface area contributed by atoms with Crippen molar-refractivity contribution in [1.29, 1.82) is 0 Å². The summed E-state index contributed by atoms with van der Waals surface area (Å²) in [6.45, 7) is 7.35. The van der Waals surface area contributed by atoms with Crippen molar-refractivity contribution in [2.24, 2.45) is 0 Å². The lowest BCUT2D eigenvalue weighted by molar-refractivity contribution is 0.575. The Morgan fingerprint density at radius 2 is 0.967 bits per heavy atom. The molecule has 0 atom stereocenters. The molecule has 0 N–H and O–H groups in total. The van der Waals surface area contributed by atoms with Crippen molar-refractivity contribution < 1.29 is 17.6 Å². The lowest BCUT2D eigenvalue weighted by atomic mass is 10.0. The Balaban J connectivity index is 1.97. The van der Waals surface area contributed by atoms with Crippen LogP contribution in [0.5, 0.6) is 0 Å². The van der Waals surface area contributed by atoms with Gasteiger partial charge in [0.2, 0.25) is 0 Å². The molecule has 0 aliphatic carbocycles. The van der Waals surface area contributed by atoms with E-state index in [9.17, 15) is 17.6 Å². The molecule has 0 nitrogen and oxygen atoms in total. The molecule has 3 rings (SSSR count). The first-order chi connectivity index (χ1) is 14.2. The van der Waals surface area contributed by atoms with Gasteiger partial charge >= 0.3 is 0 Å². The summed E-state index contributed by atoms with van der Waals surface area (Å²) in [4.78, 5) is 0. The zero-order valence-corrected chi connectivity index (χ0v) is 17.0. The number of halogens is 4. The van der Waals surface area contributed by atoms with Crippen LogP contribution in [0.1, 0.15) is 44.5 Å². The monoisotopic (exact) mass is 406 g/mol. The number of hydrogen-bond acceptors (Lipinski definition) is 0. The van der Waals surface area contributed by atoms with Gasteiger partial charge in [0.15, 0.2) is 0 Å². The first-order valence-electron chi connectivity index (χ1n) is 9.22. The van der Waals surface area contributed by atoms with Crippen molar-refractivity contribution >= 4 is 0 Å². The second-order valence-corrected chi connectivity index (χ2v) is 7.17. The van der Waals surface area contributed by atoms with Crippen molar-refractivity contribution in [1.82, 2.24) is 0 Å². The topological polar surface area (TPSA) is 0 Å². The van der Waals surface area contributed by atoms with Crippen LogP contribution in [0.3, 0.4) is 0 Å². The maximum atomic E-state index is 14.4. The SMILES string of the molecule is Cc1cc(F)c(C#Cc2cc(F)c(C#Cc3cc(C)c(C)cc3C)c(F)c2)c(F)c1. The van der Waals surface area contributed by atoms with E-state index in [4.69, 9.17) is 0 Å². The first-order valence-corrected chi connectivity index (χ1v) is 9.22. The first kappa shape index (κ1) is 21.2. The Hall–Kier alpha value is -3.50. The molecule has 3 aromatic carbocycles. The average Bonchev–Trinajstić information content (AvgIpc) is 2.64. The Labute approximate surface area is 173 Å². The number of rotatable bonds is 0. The Bertz CT molecular complexity index is 1230. The van der Waals surface area contributed by atoms with E-state index in [1.807, 2.05) is 32.9 Å². The maximum Gasteiger partial charge on any atom is 0.143 e. The van der Waals surface area contributed by atoms with Crippen molar-refractivity contribution in [2.75, 3.05) is 0 Å². The summed E-state index contributed by atoms with van der Waals surface area (Å²) in [5.41, 5.74) is 3.28. The van der Waals surface area contributed by atoms with Crippen LogP contribution in [0, 0.1) is 74.6 Å². The third kappa shape index (κ3) is 4.56. The van der Waals surface area contributed by atoms with E-state index in [0.29, 0.717) is 11.1 Å². The van der Waals surface area contributed by atoms with Gasteiger partial charge in [0.05, 0.1) is 11.1 Å². The summed E-state index contributed by atoms with van der Waals surface area (Å²) in [7, 11) is 0. The van der Waals surface area contributed by atoms with E-state index in [-0.39, 0.29) is 11.1 Å². The lowest BCUT2D eigenvalue weighted by Crippen LogP contribution is -1.94. The molecular weight excluding hydrogens is 388 g/mol. The molecule has 0 bridgehead atoms. The van der Waals surface area contributed by atoms with Gasteiger partial charge in [-0.2, -0.15) is 0 Å². The van der Waals surface area contributed by atoms with Gasteiger partial charge in [-0.05, 0) is 80.3 Å². The molecule has 150 valence electrons. The summed E-state index contributed by atoms with van der Waals surface area (Å²) < 4.78 is 56.6. The largest absolute Gasteiger partial charge is 0.206 e. The average molecular weight is 406 g/mol. The molecule has 3 aromatic rings. The molecule has 30 heavy (non-hydrogen) atoms. The molecule has 0 amide bonds. The van der Waals surface area contributed by atoms with Gasteiger partial charge in [0.25, 0.3) is 0 Å². The molecule has 0 aliphatic heterocycles. The summed E-state index contributed by atoms with van der Waals surface area (Å²) in [5.74, 6) is 6.63. The quantitative estimate of drug-likeness (QED) is 0.305. The highest BCUT2D eigenvalue weighted by Crippen LogP contribution is 2.18. The van der Waals surface area contributed by atoms with Gasteiger partial charge in [-0.25, -0.2) is 17.6 Å². The highest BCUT2D eigenvalue weighted by molar-refractivity contribution is 5.52. The third-order valence-corrected chi connectivity index (χ3v) is 4.72. The maximum absolute atomic E-state index is 14.4. The van der Waals surface area contributed by atoms with Crippen LogP contribution in [-0.4, -0.2) is 0 Å². The molecule has 4 heteroatoms. The highest BCUT2D eigenvalue weighted by atomic mass is 19.1. The van der Waals surface area contributed by atoms with Crippen LogP contribution < -0.4 is 0 Å². The van der Waals surface area contributed by atoms with E-state index >= 15 is 0 Å². The number of hydrogen-bond donors (Lipinski definition) is 0. The fourth-order valence-electron chi connectivity index (χ4n) is 2.94. The Morgan fingerprint density at radius 1 is 0.500 bits per heavy atom. The van der Waals surface area contributed by atoms with Gasteiger partial charge in [-0.15, -0.1) is 0 Å². The number of benzene rings is 3. The number of aryl methyl sites for hydroxylation is 4. The van der Waals surface area contributed by atoms with Gasteiger partial charge in [-0.1, -0.05) is 29.7 Å². The van der Waals surface area contributed by atoms with E-state index in [1.54, 1.807) is 6.92 Å². The van der Waals surface area contributed by atoms with Crippen LogP contribution in [0.2, 0.25) is 0 Å². The normalized spacial score (nSPS) is 10.1. The minimum Gasteiger partial charge on any atom is -0.206 e. The summed E-state index contributed by atoms with van der Waals surface area (Å²) in [6, 6.07) is 8.12. The predicted molar refractivity (Wildman–Crippen MR) is 110 cm³/mol. The second-order valence-electron chi connectivity index (χ2n) is 7.17. The fraction of sp³-hybridized carbons (Fsp3) is 0.154. The molecule has 0 fully saturated rings. The Kier molecular flexibility index (Phi) is 5.99. The molecule has 0 spiro atoms. The Morgan fingerprint density at radius 3 is 1.53 bits per heavy atom. The molecule has 0 saturated carbocycles. The van der Waals surface area contributed by atoms with Crippen molar-refractivity contribution in [3.05, 3.63) is 104 Å². The van der Waals surface area contributed by atoms with E-state index in [1.165, 1.54) is 0 Å². The zero-order valence-electron chi connectivity index (χ0n) is 17.0. The molecular formula is C26H18F4. The molecule has 0 radical (unpaired) electrons. The van der Waals surface area contributed by atoms with Crippen LogP contribution in [0.4, 0.5) is 17.6 Å². The van der Waals surface area contributed by atoms with Crippen LogP contribution in [0.25, 0.3) is 0 Å². The van der Waals surface area contributed by atoms with Crippen molar-refractivity contribution in [3.8, 4) is 23.7 Å². The minimum atomic E-state index is -0.891. The highest BCUT2D eigenvalue weighted by Gasteiger charge is 2.10. The van der Waals surface area contributed by atoms with Crippen LogP contribution >= 0.6 is 0 Å². The lowest BCUT2D eigenvalue weighted by Gasteiger charge is -2.04. The van der Waals surface area contributed by atoms with E-state index < -0.39 is 28.8 Å². The van der Waals surface area contributed by atoms with Crippen molar-refractivity contribution in [2.45, 2.75) is 27.7 Å². The molecule has 0 aromatic heterocycles. The van der Waals surface area contributed by atoms with Gasteiger partial charge in [-0.3, -0.25) is 0 Å². The summed E-state index contributed by atoms with van der Waals surface area (Å²) >= 11 is 0. The molecule has 0 aliphatic rings. The van der Waals surface area contributed by atoms with Gasteiger partial charge in [0.1, 0.15) is 23.3 Å². The van der Waals surface area contributed by atoms with Gasteiger partial charge in [0, 0.05) is 11.1 Å². The van der Waals surface area contributed by atoms with Crippen molar-refractivity contribution in [3.63, 3.8) is 0 Å². The van der Waals surface area contributed by atoms with E-state index in [2.05, 4.69) is 23.7 Å². The summed E-state index contributed by atoms with van der Waals surface area (Å²) in [5, 5.41) is 0. The summed E-state index contributed by atoms with van der Waals surface area (Å²) in [6.07, 6.45) is 0. The second kappa shape index (κ2) is 8.47. The zero-order chi connectivity index (χ0) is 22.0. The molecule has 0 saturated heterocycles. The standard InChI is InChI=1S/C26H18F4/c1-15-9-23(27)21(24(28)10-15)7-5-19-13-25(29)22(26(30)14-19)8-6-20-12-17(3)16(2)11-18(20)4/h9-14H,1-4H3. The smallest absolute Gasteiger partial charge is 0.143 e. The molecule has 0 unspecified atom stereocenters. The molecule has 0 heterocycles. The van der Waals surface area contributed by atoms with Crippen LogP contribution in [-0.2, 0) is 0 Å². The van der Waals surface area contributed by atoms with Gasteiger partial charge < -0.3 is 0 Å². The fourth-order valence-corrected chi connectivity index (χ4v) is 2.94. The van der Waals surface area contributed by atoms with E-state index in [0.717, 1.165) is 41.0 Å². The minimum absolute atomic E-state index is 0.0442. The van der Waals surface area contributed by atoms with Crippen LogP contribution in [0.15, 0.2) is 36.4 Å².